The van der Waals surface area contributed by atoms with Crippen LogP contribution in [0.5, 0.6) is 0 Å². The Kier molecular flexibility index (Phi) is 4.24. The molecule has 0 aliphatic carbocycles. The molecule has 0 aromatic heterocycles. The lowest BCUT2D eigenvalue weighted by atomic mass is 10.0. The fraction of sp³-hybridized carbons (Fsp3) is 1.00. The summed E-state index contributed by atoms with van der Waals surface area (Å²) in [5, 5.41) is 0. The summed E-state index contributed by atoms with van der Waals surface area (Å²) in [5.41, 5.74) is 0. The second kappa shape index (κ2) is 4.88. The molecule has 0 saturated carbocycles. The van der Waals surface area contributed by atoms with Crippen molar-refractivity contribution >= 4 is 21.2 Å². The Labute approximate surface area is 91.7 Å². The van der Waals surface area contributed by atoms with Gasteiger partial charge in [-0.1, -0.05) is 0 Å². The Morgan fingerprint density at radius 2 is 1.93 bits per heavy atom. The van der Waals surface area contributed by atoms with E-state index < -0.39 is 21.2 Å². The Bertz CT molecular complexity index is 341. The van der Waals surface area contributed by atoms with E-state index in [0.717, 1.165) is 0 Å². The minimum absolute atomic E-state index is 0.0600. The number of likely N-dealkylation sites (tertiary alicyclic amines) is 1. The number of nitrogens with zero attached hydrogens (tertiary/aromatic N) is 1. The van der Waals surface area contributed by atoms with Crippen molar-refractivity contribution in [2.24, 2.45) is 11.8 Å². The quantitative estimate of drug-likeness (QED) is 0.509. The van der Waals surface area contributed by atoms with Gasteiger partial charge in [-0.3, -0.25) is 4.55 Å². The molecule has 6 nitrogen and oxygen atoms in total. The number of hydrogen-bond donors (Lipinski definition) is 2. The third-order valence-corrected chi connectivity index (χ3v) is 4.10. The van der Waals surface area contributed by atoms with Crippen LogP contribution in [0, 0.1) is 11.8 Å². The highest BCUT2D eigenvalue weighted by atomic mass is 32.2. The van der Waals surface area contributed by atoms with Crippen molar-refractivity contribution in [1.82, 2.24) is 4.90 Å². The van der Waals surface area contributed by atoms with Gasteiger partial charge in [0.1, 0.15) is 0 Å². The number of hydrogen-bond acceptors (Lipinski definition) is 4. The van der Waals surface area contributed by atoms with Crippen molar-refractivity contribution < 1.29 is 21.7 Å². The molecule has 0 spiro atoms. The van der Waals surface area contributed by atoms with Crippen LogP contribution >= 0.6 is 0 Å². The second-order valence-corrected chi connectivity index (χ2v) is 6.45. The summed E-state index contributed by atoms with van der Waals surface area (Å²) < 4.78 is 49.6. The SMILES string of the molecule is CN1CC(CS(=O)O)C(CS(=O)(=O)O)C1. The van der Waals surface area contributed by atoms with Crippen LogP contribution in [0.15, 0.2) is 0 Å². The molecule has 90 valence electrons. The first-order valence-corrected chi connectivity index (χ1v) is 7.37. The fourth-order valence-electron chi connectivity index (χ4n) is 2.00. The van der Waals surface area contributed by atoms with Gasteiger partial charge in [-0.25, -0.2) is 4.21 Å². The first-order chi connectivity index (χ1) is 6.78. The van der Waals surface area contributed by atoms with Gasteiger partial charge < -0.3 is 9.45 Å². The molecule has 1 fully saturated rings. The lowest BCUT2D eigenvalue weighted by Crippen LogP contribution is -2.25. The smallest absolute Gasteiger partial charge is 0.265 e. The van der Waals surface area contributed by atoms with E-state index in [0.29, 0.717) is 13.1 Å². The van der Waals surface area contributed by atoms with Gasteiger partial charge in [0.05, 0.1) is 11.5 Å². The van der Waals surface area contributed by atoms with E-state index in [2.05, 4.69) is 0 Å². The van der Waals surface area contributed by atoms with E-state index >= 15 is 0 Å². The summed E-state index contributed by atoms with van der Waals surface area (Å²) in [7, 11) is -2.19. The van der Waals surface area contributed by atoms with E-state index in [1.165, 1.54) is 0 Å². The maximum absolute atomic E-state index is 10.7. The Morgan fingerprint density at radius 1 is 1.40 bits per heavy atom. The van der Waals surface area contributed by atoms with E-state index in [1.807, 2.05) is 11.9 Å². The molecule has 3 atom stereocenters. The molecule has 15 heavy (non-hydrogen) atoms. The van der Waals surface area contributed by atoms with Gasteiger partial charge in [0, 0.05) is 13.1 Å². The molecule has 3 unspecified atom stereocenters. The topological polar surface area (TPSA) is 94.9 Å². The maximum Gasteiger partial charge on any atom is 0.265 e. The largest absolute Gasteiger partial charge is 0.306 e. The third-order valence-electron chi connectivity index (χ3n) is 2.54. The summed E-state index contributed by atoms with van der Waals surface area (Å²) in [4.78, 5) is 1.90. The van der Waals surface area contributed by atoms with Crippen LogP contribution in [-0.2, 0) is 21.2 Å². The first-order valence-electron chi connectivity index (χ1n) is 4.49. The molecule has 0 bridgehead atoms. The highest BCUT2D eigenvalue weighted by Crippen LogP contribution is 2.24. The lowest BCUT2D eigenvalue weighted by Gasteiger charge is -2.14. The minimum Gasteiger partial charge on any atom is -0.306 e. The summed E-state index contributed by atoms with van der Waals surface area (Å²) in [5.74, 6) is -0.687. The summed E-state index contributed by atoms with van der Waals surface area (Å²) in [6, 6.07) is 0. The van der Waals surface area contributed by atoms with Gasteiger partial charge in [-0.15, -0.1) is 0 Å². The van der Waals surface area contributed by atoms with E-state index in [1.54, 1.807) is 0 Å². The molecule has 1 heterocycles. The molecule has 1 aliphatic rings. The van der Waals surface area contributed by atoms with Crippen LogP contribution in [-0.4, -0.2) is 58.3 Å². The molecule has 1 aliphatic heterocycles. The molecule has 2 N–H and O–H groups in total. The lowest BCUT2D eigenvalue weighted by molar-refractivity contribution is 0.396. The molecule has 0 aromatic carbocycles. The maximum atomic E-state index is 10.7. The Morgan fingerprint density at radius 3 is 2.40 bits per heavy atom. The second-order valence-electron chi connectivity index (χ2n) is 3.98. The molecule has 0 aromatic rings. The third kappa shape index (κ3) is 4.56. The highest BCUT2D eigenvalue weighted by Gasteiger charge is 2.34. The monoisotopic (exact) mass is 257 g/mol. The molecular weight excluding hydrogens is 242 g/mol. The zero-order valence-corrected chi connectivity index (χ0v) is 10.00. The molecule has 0 radical (unpaired) electrons. The van der Waals surface area contributed by atoms with Crippen molar-refractivity contribution in [2.45, 2.75) is 0 Å². The van der Waals surface area contributed by atoms with Crippen LogP contribution in [0.25, 0.3) is 0 Å². The van der Waals surface area contributed by atoms with Gasteiger partial charge in [-0.05, 0) is 18.9 Å². The van der Waals surface area contributed by atoms with Crippen LogP contribution in [0.1, 0.15) is 0 Å². The number of rotatable bonds is 4. The first kappa shape index (κ1) is 13.0. The van der Waals surface area contributed by atoms with Gasteiger partial charge in [-0.2, -0.15) is 8.42 Å². The molecule has 0 amide bonds. The molecule has 8 heteroatoms. The van der Waals surface area contributed by atoms with Gasteiger partial charge in [0.2, 0.25) is 0 Å². The van der Waals surface area contributed by atoms with Crippen LogP contribution < -0.4 is 0 Å². The predicted molar refractivity (Wildman–Crippen MR) is 56.5 cm³/mol. The van der Waals surface area contributed by atoms with Gasteiger partial charge in [0.25, 0.3) is 10.1 Å². The van der Waals surface area contributed by atoms with E-state index in [4.69, 9.17) is 9.11 Å². The summed E-state index contributed by atoms with van der Waals surface area (Å²) in [6.45, 7) is 1.12. The zero-order chi connectivity index (χ0) is 11.6. The normalized spacial score (nSPS) is 30.6. The minimum atomic E-state index is -4.01. The van der Waals surface area contributed by atoms with Gasteiger partial charge in [0.15, 0.2) is 11.1 Å². The van der Waals surface area contributed by atoms with Crippen molar-refractivity contribution in [2.75, 3.05) is 31.6 Å². The molecule has 1 rings (SSSR count). The van der Waals surface area contributed by atoms with Crippen LogP contribution in [0.4, 0.5) is 0 Å². The van der Waals surface area contributed by atoms with Gasteiger partial charge >= 0.3 is 0 Å². The zero-order valence-electron chi connectivity index (χ0n) is 8.37. The summed E-state index contributed by atoms with van der Waals surface area (Å²) >= 11 is -1.92. The van der Waals surface area contributed by atoms with Crippen molar-refractivity contribution in [3.63, 3.8) is 0 Å². The van der Waals surface area contributed by atoms with E-state index in [9.17, 15) is 12.6 Å². The predicted octanol–water partition coefficient (Wildman–Crippen LogP) is -0.726. The Balaban J connectivity index is 2.64. The van der Waals surface area contributed by atoms with Crippen molar-refractivity contribution in [3.8, 4) is 0 Å². The summed E-state index contributed by atoms with van der Waals surface area (Å²) in [6.07, 6.45) is 0. The average molecular weight is 257 g/mol. The van der Waals surface area contributed by atoms with Crippen LogP contribution in [0.3, 0.4) is 0 Å². The Hall–Kier alpha value is -0.0200. The van der Waals surface area contributed by atoms with Crippen molar-refractivity contribution in [3.05, 3.63) is 0 Å². The average Bonchev–Trinajstić information content (AvgIpc) is 2.25. The highest BCUT2D eigenvalue weighted by molar-refractivity contribution is 7.85. The molecule has 1 saturated heterocycles. The van der Waals surface area contributed by atoms with E-state index in [-0.39, 0.29) is 23.3 Å². The molecular formula is C7H15NO5S2. The van der Waals surface area contributed by atoms with Crippen LogP contribution in [0.2, 0.25) is 0 Å². The standard InChI is InChI=1S/C7H15NO5S2/c1-8-2-6(4-14(9)10)7(3-8)5-15(11,12)13/h6-7H,2-5H2,1H3,(H,9,10)(H,11,12,13). The van der Waals surface area contributed by atoms with Crippen molar-refractivity contribution in [1.29, 1.82) is 0 Å². The fourth-order valence-corrected chi connectivity index (χ4v) is 3.67.